The van der Waals surface area contributed by atoms with Crippen molar-refractivity contribution in [3.05, 3.63) is 143 Å². The van der Waals surface area contributed by atoms with Gasteiger partial charge in [0.05, 0.1) is 39.9 Å². The highest BCUT2D eigenvalue weighted by atomic mass is 19.4. The van der Waals surface area contributed by atoms with Gasteiger partial charge in [0.2, 0.25) is 0 Å². The maximum Gasteiger partial charge on any atom is 0.417 e. The second-order valence-electron chi connectivity index (χ2n) is 12.8. The predicted octanol–water partition coefficient (Wildman–Crippen LogP) is 10.2. The van der Waals surface area contributed by atoms with E-state index in [2.05, 4.69) is 30.2 Å². The number of para-hydroxylation sites is 2. The van der Waals surface area contributed by atoms with E-state index in [1.54, 1.807) is 12.1 Å². The molecule has 0 saturated heterocycles. The number of alkyl halides is 6. The fourth-order valence-corrected chi connectivity index (χ4v) is 6.49. The van der Waals surface area contributed by atoms with Crippen molar-refractivity contribution in [2.75, 3.05) is 5.32 Å². The third-order valence-corrected chi connectivity index (χ3v) is 9.12. The number of aryl methyl sites for hydroxylation is 2. The molecule has 0 aliphatic carbocycles. The fourth-order valence-electron chi connectivity index (χ4n) is 6.49. The zero-order valence-electron chi connectivity index (χ0n) is 29.4. The molecular formula is C41H32F6N8. The molecule has 0 atom stereocenters. The topological polar surface area (TPSA) is 118 Å². The van der Waals surface area contributed by atoms with Crippen molar-refractivity contribution < 1.29 is 26.3 Å². The first-order valence-electron chi connectivity index (χ1n) is 17.0. The maximum absolute atomic E-state index is 13.8. The number of nitrogens with two attached hydrogens (primary N) is 1. The Morgan fingerprint density at radius 3 is 1.71 bits per heavy atom. The Balaban J connectivity index is 0.000000179. The van der Waals surface area contributed by atoms with Gasteiger partial charge in [-0.05, 0) is 60.4 Å². The van der Waals surface area contributed by atoms with Gasteiger partial charge in [0.15, 0.2) is 11.5 Å². The second kappa shape index (κ2) is 14.8. The van der Waals surface area contributed by atoms with E-state index in [-0.39, 0.29) is 29.9 Å². The van der Waals surface area contributed by atoms with Crippen molar-refractivity contribution in [1.82, 2.24) is 29.9 Å². The molecule has 8 rings (SSSR count). The van der Waals surface area contributed by atoms with Crippen molar-refractivity contribution in [3.63, 3.8) is 0 Å². The number of nitrogens with zero attached hydrogens (tertiary/aromatic N) is 5. The van der Waals surface area contributed by atoms with Crippen LogP contribution in [0.15, 0.2) is 110 Å². The van der Waals surface area contributed by atoms with Gasteiger partial charge in [0, 0.05) is 35.0 Å². The van der Waals surface area contributed by atoms with Gasteiger partial charge in [-0.3, -0.25) is 0 Å². The van der Waals surface area contributed by atoms with E-state index in [0.717, 1.165) is 34.0 Å². The van der Waals surface area contributed by atoms with E-state index in [0.29, 0.717) is 44.8 Å². The van der Waals surface area contributed by atoms with Crippen molar-refractivity contribution >= 4 is 38.8 Å². The Labute approximate surface area is 310 Å². The van der Waals surface area contributed by atoms with Crippen molar-refractivity contribution in [1.29, 1.82) is 0 Å². The van der Waals surface area contributed by atoms with Gasteiger partial charge in [0.1, 0.15) is 11.8 Å². The molecule has 8 nitrogen and oxygen atoms in total. The lowest BCUT2D eigenvalue weighted by Crippen LogP contribution is -2.10. The Hall–Kier alpha value is -6.41. The third-order valence-electron chi connectivity index (χ3n) is 9.12. The first-order chi connectivity index (χ1) is 26.3. The van der Waals surface area contributed by atoms with E-state index in [9.17, 15) is 26.3 Å². The Morgan fingerprint density at radius 2 is 1.16 bits per heavy atom. The van der Waals surface area contributed by atoms with Gasteiger partial charge < -0.3 is 16.0 Å². The van der Waals surface area contributed by atoms with Gasteiger partial charge >= 0.3 is 12.4 Å². The number of rotatable bonds is 6. The minimum Gasteiger partial charge on any atom is -0.364 e. The molecule has 8 aromatic rings. The van der Waals surface area contributed by atoms with Crippen LogP contribution in [-0.4, -0.2) is 29.9 Å². The van der Waals surface area contributed by atoms with Crippen molar-refractivity contribution in [3.8, 4) is 22.5 Å². The van der Waals surface area contributed by atoms with Crippen molar-refractivity contribution in [2.24, 2.45) is 5.73 Å². The molecule has 4 aromatic carbocycles. The summed E-state index contributed by atoms with van der Waals surface area (Å²) in [5.74, 6) is 0.506. The first kappa shape index (κ1) is 36.9. The molecule has 4 aromatic heterocycles. The van der Waals surface area contributed by atoms with Crippen LogP contribution in [0, 0.1) is 13.8 Å². The van der Waals surface area contributed by atoms with Gasteiger partial charge in [-0.15, -0.1) is 0 Å². The molecule has 14 heteroatoms. The third kappa shape index (κ3) is 7.53. The zero-order chi connectivity index (χ0) is 38.9. The number of nitrogens with one attached hydrogen (secondary N) is 2. The number of benzene rings is 4. The van der Waals surface area contributed by atoms with Crippen LogP contribution in [-0.2, 0) is 25.4 Å². The highest BCUT2D eigenvalue weighted by Crippen LogP contribution is 2.40. The van der Waals surface area contributed by atoms with E-state index in [1.165, 1.54) is 36.9 Å². The van der Waals surface area contributed by atoms with Crippen LogP contribution in [0.3, 0.4) is 0 Å². The Kier molecular flexibility index (Phi) is 9.93. The molecule has 0 spiro atoms. The number of aromatic amines is 1. The van der Waals surface area contributed by atoms with E-state index in [1.807, 2.05) is 62.4 Å². The lowest BCUT2D eigenvalue weighted by Gasteiger charge is -2.17. The van der Waals surface area contributed by atoms with Gasteiger partial charge in [0.25, 0.3) is 0 Å². The summed E-state index contributed by atoms with van der Waals surface area (Å²) in [6.45, 7) is 4.11. The van der Waals surface area contributed by atoms with Gasteiger partial charge in [-0.1, -0.05) is 72.8 Å². The number of pyridine rings is 2. The molecule has 0 amide bonds. The normalized spacial score (nSPS) is 11.9. The van der Waals surface area contributed by atoms with E-state index >= 15 is 0 Å². The second-order valence-corrected chi connectivity index (χ2v) is 12.8. The molecule has 4 heterocycles. The predicted molar refractivity (Wildman–Crippen MR) is 201 cm³/mol. The number of halogens is 6. The minimum atomic E-state index is -4.50. The average molecular weight is 751 g/mol. The van der Waals surface area contributed by atoms with E-state index < -0.39 is 23.5 Å². The largest absolute Gasteiger partial charge is 0.417 e. The van der Waals surface area contributed by atoms with Gasteiger partial charge in [-0.25, -0.2) is 24.9 Å². The zero-order valence-corrected chi connectivity index (χ0v) is 29.4. The van der Waals surface area contributed by atoms with Crippen LogP contribution in [0.5, 0.6) is 0 Å². The number of imidazole rings is 1. The van der Waals surface area contributed by atoms with E-state index in [4.69, 9.17) is 10.7 Å². The van der Waals surface area contributed by atoms with Crippen LogP contribution < -0.4 is 11.1 Å². The number of aromatic nitrogens is 6. The summed E-state index contributed by atoms with van der Waals surface area (Å²) in [4.78, 5) is 24.6. The summed E-state index contributed by atoms with van der Waals surface area (Å²) >= 11 is 0. The summed E-state index contributed by atoms with van der Waals surface area (Å²) in [6.07, 6.45) is -6.05. The average Bonchev–Trinajstić information content (AvgIpc) is 3.66. The number of hydrogen-bond acceptors (Lipinski definition) is 7. The monoisotopic (exact) mass is 750 g/mol. The summed E-state index contributed by atoms with van der Waals surface area (Å²) in [5.41, 5.74) is 10.5. The van der Waals surface area contributed by atoms with Crippen LogP contribution in [0.1, 0.15) is 33.4 Å². The minimum absolute atomic E-state index is 0.0383. The Bertz CT molecular complexity index is 2670. The van der Waals surface area contributed by atoms with Crippen LogP contribution in [0.2, 0.25) is 0 Å². The highest BCUT2D eigenvalue weighted by molar-refractivity contribution is 5.88. The molecular weight excluding hydrogens is 718 g/mol. The smallest absolute Gasteiger partial charge is 0.364 e. The molecule has 0 aliphatic heterocycles. The maximum atomic E-state index is 13.8. The summed E-state index contributed by atoms with van der Waals surface area (Å²) < 4.78 is 81.2. The summed E-state index contributed by atoms with van der Waals surface area (Å²) in [5, 5.41) is 4.92. The quantitative estimate of drug-likeness (QED) is 0.145. The lowest BCUT2D eigenvalue weighted by atomic mass is 9.97. The van der Waals surface area contributed by atoms with Crippen LogP contribution >= 0.6 is 0 Å². The summed E-state index contributed by atoms with van der Waals surface area (Å²) in [6, 6.07) is 26.0. The number of H-pyrrole nitrogens is 1. The SMILES string of the molecule is Cc1cccc2cc(CN)c(-c3ccccc3C(F)(F)F)nc12.Cc1cccc2cc(CNc3ncnc4nc[nH]c34)c(-c3ccccc3C(F)(F)F)nc12. The Morgan fingerprint density at radius 1 is 0.636 bits per heavy atom. The summed E-state index contributed by atoms with van der Waals surface area (Å²) in [7, 11) is 0. The molecule has 55 heavy (non-hydrogen) atoms. The molecule has 0 fully saturated rings. The van der Waals surface area contributed by atoms with Crippen molar-refractivity contribution in [2.45, 2.75) is 39.3 Å². The fraction of sp³-hybridized carbons (Fsp3) is 0.146. The molecule has 0 saturated carbocycles. The standard InChI is InChI=1S/C23H17F3N6.C18H15F3N2/c1-13-5-4-6-14-9-15(10-27-21-20-22(29-11-28-20)31-12-30-21)19(32-18(13)14)16-7-2-3-8-17(16)23(24,25)26;1-11-5-4-6-12-9-13(10-22)17(23-16(11)12)14-7-2-3-8-15(14)18(19,20)21/h2-9,11-12H,10H2,1H3,(H2,27,28,29,30,31);2-9H,10,22H2,1H3. The van der Waals surface area contributed by atoms with Crippen LogP contribution in [0.25, 0.3) is 55.5 Å². The van der Waals surface area contributed by atoms with Crippen LogP contribution in [0.4, 0.5) is 32.2 Å². The first-order valence-corrected chi connectivity index (χ1v) is 17.0. The highest BCUT2D eigenvalue weighted by Gasteiger charge is 2.35. The molecule has 0 aliphatic rings. The molecule has 4 N–H and O–H groups in total. The molecule has 0 bridgehead atoms. The molecule has 0 unspecified atom stereocenters. The molecule has 278 valence electrons. The number of fused-ring (bicyclic) bond motifs is 3. The number of anilines is 1. The molecule has 0 radical (unpaired) electrons. The van der Waals surface area contributed by atoms with Gasteiger partial charge in [-0.2, -0.15) is 26.3 Å². The number of hydrogen-bond donors (Lipinski definition) is 3. The lowest BCUT2D eigenvalue weighted by molar-refractivity contribution is -0.137.